The van der Waals surface area contributed by atoms with E-state index in [0.717, 1.165) is 19.4 Å². The van der Waals surface area contributed by atoms with Gasteiger partial charge in [0, 0.05) is 26.0 Å². The first-order valence-electron chi connectivity index (χ1n) is 4.91. The zero-order valence-electron chi connectivity index (χ0n) is 8.73. The fourth-order valence-corrected chi connectivity index (χ4v) is 1.21. The number of hydrogen-bond acceptors (Lipinski definition) is 2. The molecule has 1 amide bonds. The van der Waals surface area contributed by atoms with Crippen LogP contribution in [0.5, 0.6) is 0 Å². The predicted octanol–water partition coefficient (Wildman–Crippen LogP) is 1.95. The molecule has 0 unspecified atom stereocenters. The molecule has 3 heteroatoms. The molecule has 76 valence electrons. The van der Waals surface area contributed by atoms with Crippen LogP contribution in [0.2, 0.25) is 0 Å². The minimum atomic E-state index is 0.0477. The van der Waals surface area contributed by atoms with Crippen molar-refractivity contribution in [2.45, 2.75) is 19.8 Å². The molecule has 1 heterocycles. The third-order valence-electron chi connectivity index (χ3n) is 2.10. The van der Waals surface area contributed by atoms with E-state index in [2.05, 4.69) is 11.9 Å². The molecule has 0 N–H and O–H groups in total. The van der Waals surface area contributed by atoms with E-state index in [1.807, 2.05) is 7.05 Å². The maximum absolute atomic E-state index is 11.7. The molecule has 1 rings (SSSR count). The van der Waals surface area contributed by atoms with Crippen molar-refractivity contribution in [3.05, 3.63) is 30.1 Å². The summed E-state index contributed by atoms with van der Waals surface area (Å²) in [5.41, 5.74) is 0.658. The normalized spacial score (nSPS) is 9.86. The number of amides is 1. The summed E-state index contributed by atoms with van der Waals surface area (Å²) in [7, 11) is 1.82. The third kappa shape index (κ3) is 2.83. The van der Waals surface area contributed by atoms with Crippen LogP contribution in [0.25, 0.3) is 0 Å². The molecular formula is C11H16N2O. The zero-order valence-corrected chi connectivity index (χ0v) is 8.73. The molecule has 0 saturated heterocycles. The van der Waals surface area contributed by atoms with Crippen LogP contribution in [0.3, 0.4) is 0 Å². The van der Waals surface area contributed by atoms with Gasteiger partial charge in [-0.3, -0.25) is 9.78 Å². The smallest absolute Gasteiger partial charge is 0.255 e. The third-order valence-corrected chi connectivity index (χ3v) is 2.10. The minimum absolute atomic E-state index is 0.0477. The topological polar surface area (TPSA) is 33.2 Å². The lowest BCUT2D eigenvalue weighted by Gasteiger charge is -2.16. The van der Waals surface area contributed by atoms with Crippen LogP contribution in [-0.4, -0.2) is 29.4 Å². The highest BCUT2D eigenvalue weighted by atomic mass is 16.2. The van der Waals surface area contributed by atoms with Crippen molar-refractivity contribution in [3.8, 4) is 0 Å². The Morgan fingerprint density at radius 1 is 1.57 bits per heavy atom. The van der Waals surface area contributed by atoms with Gasteiger partial charge in [-0.15, -0.1) is 0 Å². The summed E-state index contributed by atoms with van der Waals surface area (Å²) in [5, 5.41) is 0. The molecule has 0 aliphatic carbocycles. The summed E-state index contributed by atoms with van der Waals surface area (Å²) in [6.45, 7) is 2.92. The standard InChI is InChI=1S/C11H16N2O/c1-3-4-8-13(2)11(14)10-6-5-7-12-9-10/h5-7,9H,3-4,8H2,1-2H3. The molecule has 0 radical (unpaired) electrons. The molecule has 0 aliphatic rings. The molecule has 0 aliphatic heterocycles. The second-order valence-corrected chi connectivity index (χ2v) is 3.32. The van der Waals surface area contributed by atoms with Gasteiger partial charge in [0.2, 0.25) is 0 Å². The van der Waals surface area contributed by atoms with Crippen LogP contribution >= 0.6 is 0 Å². The fraction of sp³-hybridized carbons (Fsp3) is 0.455. The Labute approximate surface area is 84.8 Å². The lowest BCUT2D eigenvalue weighted by atomic mass is 10.2. The number of carbonyl (C=O) groups excluding carboxylic acids is 1. The first-order chi connectivity index (χ1) is 6.75. The second-order valence-electron chi connectivity index (χ2n) is 3.32. The van der Waals surface area contributed by atoms with Gasteiger partial charge >= 0.3 is 0 Å². The van der Waals surface area contributed by atoms with Crippen molar-refractivity contribution >= 4 is 5.91 Å². The number of aromatic nitrogens is 1. The number of hydrogen-bond donors (Lipinski definition) is 0. The number of pyridine rings is 1. The van der Waals surface area contributed by atoms with E-state index in [1.54, 1.807) is 29.4 Å². The van der Waals surface area contributed by atoms with Crippen molar-refractivity contribution in [1.29, 1.82) is 0 Å². The van der Waals surface area contributed by atoms with E-state index in [4.69, 9.17) is 0 Å². The van der Waals surface area contributed by atoms with Gasteiger partial charge in [-0.25, -0.2) is 0 Å². The summed E-state index contributed by atoms with van der Waals surface area (Å²) in [5.74, 6) is 0.0477. The Morgan fingerprint density at radius 2 is 2.36 bits per heavy atom. The van der Waals surface area contributed by atoms with Crippen LogP contribution in [0.1, 0.15) is 30.1 Å². The van der Waals surface area contributed by atoms with Gasteiger partial charge in [-0.05, 0) is 18.6 Å². The Kier molecular flexibility index (Phi) is 4.11. The summed E-state index contributed by atoms with van der Waals surface area (Å²) < 4.78 is 0. The molecule has 0 aromatic carbocycles. The van der Waals surface area contributed by atoms with E-state index in [9.17, 15) is 4.79 Å². The summed E-state index contributed by atoms with van der Waals surface area (Å²) in [4.78, 5) is 17.4. The Bertz CT molecular complexity index is 285. The second kappa shape index (κ2) is 5.37. The Balaban J connectivity index is 2.57. The number of rotatable bonds is 4. The largest absolute Gasteiger partial charge is 0.342 e. The van der Waals surface area contributed by atoms with Crippen molar-refractivity contribution < 1.29 is 4.79 Å². The van der Waals surface area contributed by atoms with Gasteiger partial charge in [-0.1, -0.05) is 13.3 Å². The van der Waals surface area contributed by atoms with Crippen LogP contribution in [0, 0.1) is 0 Å². The van der Waals surface area contributed by atoms with Crippen LogP contribution in [0.15, 0.2) is 24.5 Å². The lowest BCUT2D eigenvalue weighted by Crippen LogP contribution is -2.27. The maximum atomic E-state index is 11.7. The van der Waals surface area contributed by atoms with Gasteiger partial charge in [0.25, 0.3) is 5.91 Å². The molecule has 3 nitrogen and oxygen atoms in total. The van der Waals surface area contributed by atoms with Gasteiger partial charge in [0.05, 0.1) is 5.56 Å². The molecule has 1 aromatic rings. The summed E-state index contributed by atoms with van der Waals surface area (Å²) >= 11 is 0. The molecular weight excluding hydrogens is 176 g/mol. The molecule has 0 fully saturated rings. The average molecular weight is 192 g/mol. The number of unbranched alkanes of at least 4 members (excludes halogenated alkanes) is 1. The molecule has 0 spiro atoms. The highest BCUT2D eigenvalue weighted by Crippen LogP contribution is 2.02. The average Bonchev–Trinajstić information content (AvgIpc) is 2.26. The van der Waals surface area contributed by atoms with Gasteiger partial charge in [-0.2, -0.15) is 0 Å². The van der Waals surface area contributed by atoms with Crippen molar-refractivity contribution in [1.82, 2.24) is 9.88 Å². The predicted molar refractivity (Wildman–Crippen MR) is 56.1 cm³/mol. The van der Waals surface area contributed by atoms with Crippen LogP contribution in [-0.2, 0) is 0 Å². The maximum Gasteiger partial charge on any atom is 0.255 e. The SMILES string of the molecule is CCCCN(C)C(=O)c1cccnc1. The van der Waals surface area contributed by atoms with E-state index in [-0.39, 0.29) is 5.91 Å². The van der Waals surface area contributed by atoms with Crippen molar-refractivity contribution in [2.75, 3.05) is 13.6 Å². The van der Waals surface area contributed by atoms with Gasteiger partial charge < -0.3 is 4.90 Å². The quantitative estimate of drug-likeness (QED) is 0.730. The molecule has 0 bridgehead atoms. The lowest BCUT2D eigenvalue weighted by molar-refractivity contribution is 0.0793. The summed E-state index contributed by atoms with van der Waals surface area (Å²) in [6, 6.07) is 3.57. The van der Waals surface area contributed by atoms with Crippen LogP contribution < -0.4 is 0 Å². The highest BCUT2D eigenvalue weighted by molar-refractivity contribution is 5.93. The number of nitrogens with zero attached hydrogens (tertiary/aromatic N) is 2. The van der Waals surface area contributed by atoms with Crippen molar-refractivity contribution in [3.63, 3.8) is 0 Å². The van der Waals surface area contributed by atoms with E-state index in [0.29, 0.717) is 5.56 Å². The highest BCUT2D eigenvalue weighted by Gasteiger charge is 2.09. The number of carbonyl (C=O) groups is 1. The summed E-state index contributed by atoms with van der Waals surface area (Å²) in [6.07, 6.45) is 5.42. The van der Waals surface area contributed by atoms with E-state index in [1.165, 1.54) is 0 Å². The Hall–Kier alpha value is -1.38. The van der Waals surface area contributed by atoms with E-state index >= 15 is 0 Å². The van der Waals surface area contributed by atoms with Gasteiger partial charge in [0.1, 0.15) is 0 Å². The van der Waals surface area contributed by atoms with Crippen LogP contribution in [0.4, 0.5) is 0 Å². The minimum Gasteiger partial charge on any atom is -0.342 e. The first-order valence-corrected chi connectivity index (χ1v) is 4.91. The fourth-order valence-electron chi connectivity index (χ4n) is 1.21. The Morgan fingerprint density at radius 3 is 2.93 bits per heavy atom. The van der Waals surface area contributed by atoms with Crippen molar-refractivity contribution in [2.24, 2.45) is 0 Å². The van der Waals surface area contributed by atoms with E-state index < -0.39 is 0 Å². The van der Waals surface area contributed by atoms with Gasteiger partial charge in [0.15, 0.2) is 0 Å². The first kappa shape index (κ1) is 10.7. The molecule has 1 aromatic heterocycles. The molecule has 0 saturated carbocycles. The zero-order chi connectivity index (χ0) is 10.4. The monoisotopic (exact) mass is 192 g/mol. The molecule has 14 heavy (non-hydrogen) atoms. The molecule has 0 atom stereocenters.